The SMILES string of the molecule is O=C(NCC(F)(F)F)C1CCN(S(=O)(=O)c2cccc(C(F)(F)F)c2)CC1. The molecular formula is C15H16F6N2O3S. The fourth-order valence-corrected chi connectivity index (χ4v) is 4.19. The van der Waals surface area contributed by atoms with Crippen LogP contribution in [0.3, 0.4) is 0 Å². The lowest BCUT2D eigenvalue weighted by atomic mass is 9.97. The predicted molar refractivity (Wildman–Crippen MR) is 82.0 cm³/mol. The number of alkyl halides is 6. The standard InChI is InChI=1S/C15H16F6N2O3S/c16-14(17,18)9-22-13(24)10-4-6-23(7-5-10)27(25,26)12-3-1-2-11(8-12)15(19,20)21/h1-3,8,10H,4-7,9H2,(H,22,24). The summed E-state index contributed by atoms with van der Waals surface area (Å²) in [6.07, 6.45) is -9.30. The minimum atomic E-state index is -4.70. The number of carbonyl (C=O) groups is 1. The second kappa shape index (κ2) is 7.66. The number of sulfonamides is 1. The van der Waals surface area contributed by atoms with Crippen molar-refractivity contribution >= 4 is 15.9 Å². The molecule has 152 valence electrons. The van der Waals surface area contributed by atoms with Crippen molar-refractivity contribution in [3.05, 3.63) is 29.8 Å². The van der Waals surface area contributed by atoms with E-state index in [1.54, 1.807) is 5.32 Å². The maximum atomic E-state index is 12.8. The number of hydrogen-bond acceptors (Lipinski definition) is 3. The van der Waals surface area contributed by atoms with Gasteiger partial charge in [-0.3, -0.25) is 4.79 Å². The van der Waals surface area contributed by atoms with Gasteiger partial charge in [0.2, 0.25) is 15.9 Å². The molecule has 0 bridgehead atoms. The molecule has 1 heterocycles. The molecule has 2 rings (SSSR count). The molecule has 1 aromatic carbocycles. The Kier molecular flexibility index (Phi) is 6.10. The van der Waals surface area contributed by atoms with Crippen molar-refractivity contribution in [2.75, 3.05) is 19.6 Å². The molecule has 0 spiro atoms. The molecule has 1 aliphatic rings. The summed E-state index contributed by atoms with van der Waals surface area (Å²) in [5, 5.41) is 1.74. The number of nitrogens with one attached hydrogen (secondary N) is 1. The van der Waals surface area contributed by atoms with Crippen molar-refractivity contribution in [3.8, 4) is 0 Å². The molecule has 1 amide bonds. The number of hydrogen-bond donors (Lipinski definition) is 1. The van der Waals surface area contributed by atoms with Crippen LogP contribution in [0.4, 0.5) is 26.3 Å². The number of benzene rings is 1. The third kappa shape index (κ3) is 5.58. The maximum Gasteiger partial charge on any atom is 0.416 e. The van der Waals surface area contributed by atoms with E-state index in [-0.39, 0.29) is 25.9 Å². The Morgan fingerprint density at radius 1 is 1.11 bits per heavy atom. The van der Waals surface area contributed by atoms with Crippen LogP contribution in [0.1, 0.15) is 18.4 Å². The van der Waals surface area contributed by atoms with E-state index in [4.69, 9.17) is 0 Å². The molecule has 0 aliphatic carbocycles. The Balaban J connectivity index is 2.04. The van der Waals surface area contributed by atoms with Gasteiger partial charge < -0.3 is 5.32 Å². The molecule has 1 N–H and O–H groups in total. The van der Waals surface area contributed by atoms with Gasteiger partial charge in [-0.05, 0) is 31.0 Å². The number of carbonyl (C=O) groups excluding carboxylic acids is 1. The summed E-state index contributed by atoms with van der Waals surface area (Å²) in [5.41, 5.74) is -1.11. The van der Waals surface area contributed by atoms with E-state index in [1.165, 1.54) is 0 Å². The average molecular weight is 418 g/mol. The van der Waals surface area contributed by atoms with E-state index in [1.807, 2.05) is 0 Å². The van der Waals surface area contributed by atoms with Gasteiger partial charge in [0, 0.05) is 19.0 Å². The van der Waals surface area contributed by atoms with Gasteiger partial charge in [0.25, 0.3) is 0 Å². The van der Waals surface area contributed by atoms with Gasteiger partial charge in [-0.2, -0.15) is 30.6 Å². The summed E-state index contributed by atoms with van der Waals surface area (Å²) in [6, 6.07) is 3.29. The highest BCUT2D eigenvalue weighted by Gasteiger charge is 2.36. The smallest absolute Gasteiger partial charge is 0.347 e. The minimum Gasteiger partial charge on any atom is -0.347 e. The molecule has 0 atom stereocenters. The van der Waals surface area contributed by atoms with Crippen LogP contribution in [0.15, 0.2) is 29.2 Å². The first-order valence-electron chi connectivity index (χ1n) is 7.82. The van der Waals surface area contributed by atoms with E-state index in [9.17, 15) is 39.6 Å². The van der Waals surface area contributed by atoms with Crippen LogP contribution in [-0.2, 0) is 21.0 Å². The monoisotopic (exact) mass is 418 g/mol. The maximum absolute atomic E-state index is 12.8. The molecule has 27 heavy (non-hydrogen) atoms. The van der Waals surface area contributed by atoms with Gasteiger partial charge >= 0.3 is 12.4 Å². The molecule has 0 unspecified atom stereocenters. The topological polar surface area (TPSA) is 66.5 Å². The van der Waals surface area contributed by atoms with Gasteiger partial charge in [-0.15, -0.1) is 0 Å². The first kappa shape index (κ1) is 21.5. The first-order chi connectivity index (χ1) is 12.3. The van der Waals surface area contributed by atoms with Crippen LogP contribution in [0.5, 0.6) is 0 Å². The van der Waals surface area contributed by atoms with Crippen molar-refractivity contribution in [2.45, 2.75) is 30.1 Å². The van der Waals surface area contributed by atoms with Crippen molar-refractivity contribution < 1.29 is 39.6 Å². The molecule has 1 saturated heterocycles. The zero-order valence-electron chi connectivity index (χ0n) is 13.8. The Hall–Kier alpha value is -1.82. The van der Waals surface area contributed by atoms with Crippen LogP contribution >= 0.6 is 0 Å². The minimum absolute atomic E-state index is 0.0259. The Bertz CT molecular complexity index is 783. The van der Waals surface area contributed by atoms with E-state index in [0.29, 0.717) is 6.07 Å². The molecular weight excluding hydrogens is 402 g/mol. The molecule has 1 fully saturated rings. The fraction of sp³-hybridized carbons (Fsp3) is 0.533. The molecule has 12 heteroatoms. The van der Waals surface area contributed by atoms with Crippen molar-refractivity contribution in [3.63, 3.8) is 0 Å². The Morgan fingerprint density at radius 2 is 1.70 bits per heavy atom. The highest BCUT2D eigenvalue weighted by Crippen LogP contribution is 2.32. The van der Waals surface area contributed by atoms with Gasteiger partial charge in [0.15, 0.2) is 0 Å². The highest BCUT2D eigenvalue weighted by atomic mass is 32.2. The van der Waals surface area contributed by atoms with Gasteiger partial charge in [-0.25, -0.2) is 8.42 Å². The van der Waals surface area contributed by atoms with Crippen LogP contribution < -0.4 is 5.32 Å². The summed E-state index contributed by atoms with van der Waals surface area (Å²) >= 11 is 0. The number of amides is 1. The second-order valence-electron chi connectivity index (χ2n) is 6.04. The zero-order chi connectivity index (χ0) is 20.5. The number of halogens is 6. The summed E-state index contributed by atoms with van der Waals surface area (Å²) in [6.45, 7) is -1.83. The molecule has 1 aliphatic heterocycles. The van der Waals surface area contributed by atoms with Gasteiger partial charge in [0.05, 0.1) is 10.5 Å². The molecule has 0 aromatic heterocycles. The Labute approximate surface area is 151 Å². The molecule has 0 saturated carbocycles. The largest absolute Gasteiger partial charge is 0.416 e. The lowest BCUT2D eigenvalue weighted by Crippen LogP contribution is -2.44. The average Bonchev–Trinajstić information content (AvgIpc) is 2.58. The van der Waals surface area contributed by atoms with Crippen molar-refractivity contribution in [1.82, 2.24) is 9.62 Å². The van der Waals surface area contributed by atoms with Crippen LogP contribution in [-0.4, -0.2) is 44.4 Å². The highest BCUT2D eigenvalue weighted by molar-refractivity contribution is 7.89. The van der Waals surface area contributed by atoms with Gasteiger partial charge in [0.1, 0.15) is 6.54 Å². The Morgan fingerprint density at radius 3 is 2.22 bits per heavy atom. The quantitative estimate of drug-likeness (QED) is 0.765. The molecule has 0 radical (unpaired) electrons. The van der Waals surface area contributed by atoms with Gasteiger partial charge in [-0.1, -0.05) is 6.07 Å². The predicted octanol–water partition coefficient (Wildman–Crippen LogP) is 2.78. The lowest BCUT2D eigenvalue weighted by molar-refractivity contribution is -0.141. The number of nitrogens with zero attached hydrogens (tertiary/aromatic N) is 1. The van der Waals surface area contributed by atoms with Crippen molar-refractivity contribution in [1.29, 1.82) is 0 Å². The van der Waals surface area contributed by atoms with E-state index < -0.39 is 51.2 Å². The third-order valence-corrected chi connectivity index (χ3v) is 5.98. The van der Waals surface area contributed by atoms with E-state index in [0.717, 1.165) is 22.5 Å². The number of piperidine rings is 1. The second-order valence-corrected chi connectivity index (χ2v) is 7.97. The summed E-state index contributed by atoms with van der Waals surface area (Å²) in [4.78, 5) is 11.2. The van der Waals surface area contributed by atoms with Crippen molar-refractivity contribution in [2.24, 2.45) is 5.92 Å². The third-order valence-electron chi connectivity index (χ3n) is 4.09. The van der Waals surface area contributed by atoms with E-state index >= 15 is 0 Å². The first-order valence-corrected chi connectivity index (χ1v) is 9.26. The summed E-state index contributed by atoms with van der Waals surface area (Å²) in [5.74, 6) is -1.62. The zero-order valence-corrected chi connectivity index (χ0v) is 14.6. The normalized spacial score (nSPS) is 17.7. The summed E-state index contributed by atoms with van der Waals surface area (Å²) in [7, 11) is -4.21. The molecule has 1 aromatic rings. The summed E-state index contributed by atoms with van der Waals surface area (Å²) < 4.78 is 101. The lowest BCUT2D eigenvalue weighted by Gasteiger charge is -2.30. The van der Waals surface area contributed by atoms with Crippen LogP contribution in [0.25, 0.3) is 0 Å². The van der Waals surface area contributed by atoms with E-state index in [2.05, 4.69) is 0 Å². The van der Waals surface area contributed by atoms with Crippen LogP contribution in [0.2, 0.25) is 0 Å². The number of rotatable bonds is 4. The van der Waals surface area contributed by atoms with Crippen LogP contribution in [0, 0.1) is 5.92 Å². The fourth-order valence-electron chi connectivity index (χ4n) is 2.67. The molecule has 5 nitrogen and oxygen atoms in total.